The molecule has 0 rings (SSSR count). The van der Waals surface area contributed by atoms with Crippen LogP contribution in [0.25, 0.3) is 0 Å². The molecule has 0 radical (unpaired) electrons. The molecule has 2 unspecified atom stereocenters. The van der Waals surface area contributed by atoms with Gasteiger partial charge in [0.2, 0.25) is 0 Å². The zero-order valence-corrected chi connectivity index (χ0v) is 28.0. The quantitative estimate of drug-likeness (QED) is 0.0222. The number of hydrogen-bond acceptors (Lipinski definition) is 6. The van der Waals surface area contributed by atoms with Crippen molar-refractivity contribution in [3.05, 3.63) is 12.2 Å². The van der Waals surface area contributed by atoms with Crippen LogP contribution >= 0.6 is 7.60 Å². The molecule has 0 aromatic carbocycles. The first-order chi connectivity index (χ1) is 19.6. The van der Waals surface area contributed by atoms with Crippen LogP contribution in [0.15, 0.2) is 12.2 Å². The molecule has 0 heterocycles. The van der Waals surface area contributed by atoms with E-state index >= 15 is 0 Å². The smallest absolute Gasteiger partial charge is 0.385 e. The van der Waals surface area contributed by atoms with Crippen molar-refractivity contribution in [1.29, 1.82) is 0 Å². The highest BCUT2D eigenvalue weighted by Gasteiger charge is 2.44. The predicted molar refractivity (Wildman–Crippen MR) is 170 cm³/mol. The Balaban J connectivity index is 4.03. The Bertz CT molecular complexity index is 660. The van der Waals surface area contributed by atoms with Gasteiger partial charge in [0.15, 0.2) is 12.1 Å². The lowest BCUT2D eigenvalue weighted by molar-refractivity contribution is -0.904. The van der Waals surface area contributed by atoms with Crippen LogP contribution < -0.4 is 0 Å². The molecule has 246 valence electrons. The Morgan fingerprint density at radius 1 is 0.707 bits per heavy atom. The predicted octanol–water partition coefficient (Wildman–Crippen LogP) is 7.29. The lowest BCUT2D eigenvalue weighted by Crippen LogP contribution is -2.50. The van der Waals surface area contributed by atoms with E-state index in [2.05, 4.69) is 26.0 Å². The molecule has 0 spiro atoms. The molecule has 8 nitrogen and oxygen atoms in total. The largest absolute Gasteiger partial charge is 0.388 e. The Hall–Kier alpha value is -0.310. The van der Waals surface area contributed by atoms with Crippen LogP contribution in [0.4, 0.5) is 0 Å². The SMILES string of the molecule is CCCCCCCCCCC/C=C\CCCCCOC[C@@H](O)COP(=O)(O)C(CCCCC)[N+](C)(C)CCC(O)O. The summed E-state index contributed by atoms with van der Waals surface area (Å²) in [5.41, 5.74) is 0. The molecule has 0 aliphatic heterocycles. The topological polar surface area (TPSA) is 116 Å². The number of hydrogen-bond donors (Lipinski definition) is 4. The van der Waals surface area contributed by atoms with Crippen molar-refractivity contribution in [1.82, 2.24) is 0 Å². The van der Waals surface area contributed by atoms with Gasteiger partial charge in [0.05, 0.1) is 33.9 Å². The van der Waals surface area contributed by atoms with Gasteiger partial charge in [-0.2, -0.15) is 0 Å². The third-order valence-electron chi connectivity index (χ3n) is 7.78. The summed E-state index contributed by atoms with van der Waals surface area (Å²) < 4.78 is 24.3. The molecule has 0 amide bonds. The van der Waals surface area contributed by atoms with E-state index in [9.17, 15) is 24.8 Å². The van der Waals surface area contributed by atoms with Gasteiger partial charge < -0.3 is 34.0 Å². The van der Waals surface area contributed by atoms with E-state index in [-0.39, 0.29) is 24.1 Å². The lowest BCUT2D eigenvalue weighted by Gasteiger charge is -2.39. The van der Waals surface area contributed by atoms with Gasteiger partial charge in [0, 0.05) is 19.4 Å². The molecular formula is C32H67NO7P+. The number of unbranched alkanes of at least 4 members (excludes halogenated alkanes) is 14. The first-order valence-electron chi connectivity index (χ1n) is 16.6. The summed E-state index contributed by atoms with van der Waals surface area (Å²) in [5, 5.41) is 28.8. The summed E-state index contributed by atoms with van der Waals surface area (Å²) in [4.78, 5) is 10.8. The van der Waals surface area contributed by atoms with E-state index in [1.165, 1.54) is 64.2 Å². The first kappa shape index (κ1) is 40.7. The fourth-order valence-corrected chi connectivity index (χ4v) is 7.05. The molecule has 0 bridgehead atoms. The maximum Gasteiger partial charge on any atom is 0.385 e. The van der Waals surface area contributed by atoms with Crippen molar-refractivity contribution >= 4 is 7.60 Å². The van der Waals surface area contributed by atoms with Crippen molar-refractivity contribution in [2.24, 2.45) is 0 Å². The van der Waals surface area contributed by atoms with Gasteiger partial charge >= 0.3 is 7.60 Å². The van der Waals surface area contributed by atoms with E-state index in [1.807, 2.05) is 0 Å². The molecule has 0 aliphatic rings. The monoisotopic (exact) mass is 608 g/mol. The summed E-state index contributed by atoms with van der Waals surface area (Å²) in [6.07, 6.45) is 23.1. The highest BCUT2D eigenvalue weighted by molar-refractivity contribution is 7.53. The average Bonchev–Trinajstić information content (AvgIpc) is 2.92. The van der Waals surface area contributed by atoms with Crippen molar-refractivity contribution < 1.29 is 38.5 Å². The van der Waals surface area contributed by atoms with E-state index in [0.29, 0.717) is 19.6 Å². The van der Waals surface area contributed by atoms with Crippen molar-refractivity contribution in [2.45, 2.75) is 154 Å². The van der Waals surface area contributed by atoms with Gasteiger partial charge in [-0.15, -0.1) is 0 Å². The Kier molecular flexibility index (Phi) is 25.9. The van der Waals surface area contributed by atoms with Gasteiger partial charge in [0.25, 0.3) is 0 Å². The Labute approximate surface area is 252 Å². The van der Waals surface area contributed by atoms with Gasteiger partial charge in [0.1, 0.15) is 6.10 Å². The molecule has 0 fully saturated rings. The first-order valence-corrected chi connectivity index (χ1v) is 18.3. The molecule has 41 heavy (non-hydrogen) atoms. The number of quaternary nitrogens is 1. The minimum atomic E-state index is -4.07. The molecule has 0 saturated carbocycles. The standard InChI is InChI=1S/C32H66NO7P/c1-5-7-9-10-11-12-13-14-15-16-17-18-19-20-21-23-27-39-28-30(34)29-40-41(37,38)31(24-22-8-6-2)33(3,4)26-25-32(35)36/h17-18,30-32,34-36H,5-16,19-29H2,1-4H3/p+1/b18-17-/t30-,31?/m1/s1. The fourth-order valence-electron chi connectivity index (χ4n) is 5.08. The third-order valence-corrected chi connectivity index (χ3v) is 9.93. The van der Waals surface area contributed by atoms with Crippen molar-refractivity contribution in [3.63, 3.8) is 0 Å². The molecule has 3 atom stereocenters. The van der Waals surface area contributed by atoms with Crippen LogP contribution in [0.5, 0.6) is 0 Å². The van der Waals surface area contributed by atoms with Crippen LogP contribution in [0, 0.1) is 0 Å². The summed E-state index contributed by atoms with van der Waals surface area (Å²) in [6.45, 7) is 4.99. The van der Waals surface area contributed by atoms with Crippen molar-refractivity contribution in [2.75, 3.05) is 40.5 Å². The number of aliphatic hydroxyl groups excluding tert-OH is 2. The van der Waals surface area contributed by atoms with Crippen molar-refractivity contribution in [3.8, 4) is 0 Å². The molecule has 0 saturated heterocycles. The van der Waals surface area contributed by atoms with Crippen LogP contribution in [0.2, 0.25) is 0 Å². The van der Waals surface area contributed by atoms with E-state index < -0.39 is 25.8 Å². The minimum absolute atomic E-state index is 0.0636. The van der Waals surface area contributed by atoms with Gasteiger partial charge in [-0.1, -0.05) is 96.6 Å². The lowest BCUT2D eigenvalue weighted by atomic mass is 10.1. The minimum Gasteiger partial charge on any atom is -0.388 e. The molecule has 0 aliphatic carbocycles. The van der Waals surface area contributed by atoms with Crippen LogP contribution in [0.3, 0.4) is 0 Å². The Morgan fingerprint density at radius 3 is 1.78 bits per heavy atom. The molecule has 0 aromatic heterocycles. The maximum absolute atomic E-state index is 13.2. The summed E-state index contributed by atoms with van der Waals surface area (Å²) in [6, 6.07) is 0. The normalized spacial score (nSPS) is 15.5. The van der Waals surface area contributed by atoms with Crippen LogP contribution in [0.1, 0.15) is 136 Å². The molecular weight excluding hydrogens is 541 g/mol. The van der Waals surface area contributed by atoms with Gasteiger partial charge in [-0.25, -0.2) is 0 Å². The van der Waals surface area contributed by atoms with Crippen LogP contribution in [-0.2, 0) is 13.8 Å². The second-order valence-electron chi connectivity index (χ2n) is 12.3. The van der Waals surface area contributed by atoms with Gasteiger partial charge in [-0.05, 0) is 38.5 Å². The average molecular weight is 609 g/mol. The molecule has 9 heteroatoms. The fraction of sp³-hybridized carbons (Fsp3) is 0.938. The highest BCUT2D eigenvalue weighted by Crippen LogP contribution is 2.52. The highest BCUT2D eigenvalue weighted by atomic mass is 31.2. The second kappa shape index (κ2) is 26.1. The number of ether oxygens (including phenoxy) is 1. The second-order valence-corrected chi connectivity index (χ2v) is 14.3. The van der Waals surface area contributed by atoms with Crippen LogP contribution in [-0.4, -0.2) is 83.3 Å². The zero-order chi connectivity index (χ0) is 30.8. The van der Waals surface area contributed by atoms with E-state index in [4.69, 9.17) is 9.26 Å². The number of aliphatic hydroxyl groups is 3. The summed E-state index contributed by atoms with van der Waals surface area (Å²) >= 11 is 0. The summed E-state index contributed by atoms with van der Waals surface area (Å²) in [7, 11) is -0.461. The molecule has 0 aromatic rings. The Morgan fingerprint density at radius 2 is 1.22 bits per heavy atom. The van der Waals surface area contributed by atoms with E-state index in [0.717, 1.165) is 44.9 Å². The number of nitrogens with zero attached hydrogens (tertiary/aromatic N) is 1. The zero-order valence-electron chi connectivity index (χ0n) is 27.1. The third kappa shape index (κ3) is 23.8. The molecule has 4 N–H and O–H groups in total. The maximum atomic E-state index is 13.2. The van der Waals surface area contributed by atoms with Gasteiger partial charge in [-0.3, -0.25) is 4.57 Å². The number of rotatable bonds is 30. The summed E-state index contributed by atoms with van der Waals surface area (Å²) in [5.74, 6) is -0.708. The number of allylic oxidation sites excluding steroid dienone is 2. The van der Waals surface area contributed by atoms with E-state index in [1.54, 1.807) is 14.1 Å².